The molecule has 0 aromatic heterocycles. The molecule has 0 spiro atoms. The van der Waals surface area contributed by atoms with Crippen LogP contribution in [0.4, 0.5) is 11.4 Å². The van der Waals surface area contributed by atoms with Crippen LogP contribution in [0.1, 0.15) is 11.1 Å². The van der Waals surface area contributed by atoms with Crippen LogP contribution >= 0.6 is 11.6 Å². The second kappa shape index (κ2) is 5.32. The van der Waals surface area contributed by atoms with Crippen LogP contribution in [-0.4, -0.2) is 7.05 Å². The highest BCUT2D eigenvalue weighted by Crippen LogP contribution is 2.20. The normalized spacial score (nSPS) is 10.4. The van der Waals surface area contributed by atoms with Gasteiger partial charge in [-0.25, -0.2) is 0 Å². The van der Waals surface area contributed by atoms with Crippen molar-refractivity contribution in [2.24, 2.45) is 0 Å². The molecule has 0 fully saturated rings. The van der Waals surface area contributed by atoms with Crippen molar-refractivity contribution in [2.75, 3.05) is 17.7 Å². The standard InChI is InChI=1S/C15H17ClN2/c1-11-3-5-15(6-4-11)18(2)10-12-7-13(16)9-14(17)8-12/h3-9H,10,17H2,1-2H3. The van der Waals surface area contributed by atoms with Gasteiger partial charge >= 0.3 is 0 Å². The highest BCUT2D eigenvalue weighted by atomic mass is 35.5. The Morgan fingerprint density at radius 3 is 2.39 bits per heavy atom. The predicted molar refractivity (Wildman–Crippen MR) is 79.2 cm³/mol. The topological polar surface area (TPSA) is 29.3 Å². The summed E-state index contributed by atoms with van der Waals surface area (Å²) in [5.74, 6) is 0. The first-order chi connectivity index (χ1) is 8.54. The van der Waals surface area contributed by atoms with Crippen LogP contribution in [-0.2, 0) is 6.54 Å². The number of hydrogen-bond acceptors (Lipinski definition) is 2. The summed E-state index contributed by atoms with van der Waals surface area (Å²) in [6.07, 6.45) is 0. The molecule has 0 saturated heterocycles. The molecule has 0 saturated carbocycles. The third-order valence-electron chi connectivity index (χ3n) is 2.87. The first-order valence-electron chi connectivity index (χ1n) is 5.87. The number of anilines is 2. The quantitative estimate of drug-likeness (QED) is 0.849. The van der Waals surface area contributed by atoms with Crippen LogP contribution in [0, 0.1) is 6.92 Å². The molecule has 3 heteroatoms. The lowest BCUT2D eigenvalue weighted by atomic mass is 10.1. The van der Waals surface area contributed by atoms with Crippen LogP contribution in [0.2, 0.25) is 5.02 Å². The van der Waals surface area contributed by atoms with Gasteiger partial charge in [0.1, 0.15) is 0 Å². The minimum Gasteiger partial charge on any atom is -0.399 e. The fourth-order valence-corrected chi connectivity index (χ4v) is 2.20. The molecule has 0 unspecified atom stereocenters. The average molecular weight is 261 g/mol. The molecule has 0 heterocycles. The maximum atomic E-state index is 6.00. The van der Waals surface area contributed by atoms with Gasteiger partial charge in [0, 0.05) is 30.0 Å². The van der Waals surface area contributed by atoms with E-state index in [1.54, 1.807) is 6.07 Å². The van der Waals surface area contributed by atoms with Crippen molar-refractivity contribution in [2.45, 2.75) is 13.5 Å². The predicted octanol–water partition coefficient (Wildman–Crippen LogP) is 3.87. The van der Waals surface area contributed by atoms with Gasteiger partial charge in [-0.2, -0.15) is 0 Å². The monoisotopic (exact) mass is 260 g/mol. The van der Waals surface area contributed by atoms with E-state index in [-0.39, 0.29) is 0 Å². The summed E-state index contributed by atoms with van der Waals surface area (Å²) in [6.45, 7) is 2.87. The lowest BCUT2D eigenvalue weighted by molar-refractivity contribution is 0.923. The van der Waals surface area contributed by atoms with E-state index in [1.807, 2.05) is 12.1 Å². The highest BCUT2D eigenvalue weighted by Gasteiger charge is 2.03. The molecule has 94 valence electrons. The Morgan fingerprint density at radius 2 is 1.78 bits per heavy atom. The molecule has 0 amide bonds. The lowest BCUT2D eigenvalue weighted by Gasteiger charge is -2.20. The van der Waals surface area contributed by atoms with Gasteiger partial charge in [-0.15, -0.1) is 0 Å². The van der Waals surface area contributed by atoms with Gasteiger partial charge in [-0.3, -0.25) is 0 Å². The molecule has 2 rings (SSSR count). The molecular weight excluding hydrogens is 244 g/mol. The van der Waals surface area contributed by atoms with Crippen molar-refractivity contribution in [1.82, 2.24) is 0 Å². The van der Waals surface area contributed by atoms with Gasteiger partial charge in [0.2, 0.25) is 0 Å². The van der Waals surface area contributed by atoms with E-state index >= 15 is 0 Å². The largest absolute Gasteiger partial charge is 0.399 e. The number of nitrogens with two attached hydrogens (primary N) is 1. The maximum absolute atomic E-state index is 6.00. The van der Waals surface area contributed by atoms with Gasteiger partial charge in [-0.1, -0.05) is 29.3 Å². The second-order valence-electron chi connectivity index (χ2n) is 4.58. The average Bonchev–Trinajstić information content (AvgIpc) is 2.28. The molecule has 0 aliphatic rings. The van der Waals surface area contributed by atoms with Gasteiger partial charge in [0.15, 0.2) is 0 Å². The number of hydrogen-bond donors (Lipinski definition) is 1. The second-order valence-corrected chi connectivity index (χ2v) is 5.02. The van der Waals surface area contributed by atoms with Crippen molar-refractivity contribution in [3.63, 3.8) is 0 Å². The van der Waals surface area contributed by atoms with Crippen molar-refractivity contribution in [3.8, 4) is 0 Å². The number of nitrogen functional groups attached to an aromatic ring is 1. The summed E-state index contributed by atoms with van der Waals surface area (Å²) >= 11 is 6.00. The van der Waals surface area contributed by atoms with E-state index in [4.69, 9.17) is 17.3 Å². The van der Waals surface area contributed by atoms with E-state index in [0.717, 1.165) is 12.1 Å². The summed E-state index contributed by atoms with van der Waals surface area (Å²) in [4.78, 5) is 2.17. The van der Waals surface area contributed by atoms with Gasteiger partial charge in [-0.05, 0) is 42.8 Å². The van der Waals surface area contributed by atoms with E-state index < -0.39 is 0 Å². The van der Waals surface area contributed by atoms with E-state index in [2.05, 4.69) is 43.1 Å². The van der Waals surface area contributed by atoms with E-state index in [1.165, 1.54) is 11.3 Å². The van der Waals surface area contributed by atoms with Crippen molar-refractivity contribution in [1.29, 1.82) is 0 Å². The Balaban J connectivity index is 2.15. The Bertz CT molecular complexity index is 514. The lowest BCUT2D eigenvalue weighted by Crippen LogP contribution is -2.16. The number of nitrogens with zero attached hydrogens (tertiary/aromatic N) is 1. The number of rotatable bonds is 3. The molecule has 0 aliphatic heterocycles. The summed E-state index contributed by atoms with van der Waals surface area (Å²) < 4.78 is 0. The third kappa shape index (κ3) is 3.17. The smallest absolute Gasteiger partial charge is 0.0429 e. The molecule has 0 bridgehead atoms. The fourth-order valence-electron chi connectivity index (χ4n) is 1.93. The van der Waals surface area contributed by atoms with Crippen LogP contribution in [0.3, 0.4) is 0 Å². The molecular formula is C15H17ClN2. The van der Waals surface area contributed by atoms with Crippen LogP contribution in [0.15, 0.2) is 42.5 Å². The third-order valence-corrected chi connectivity index (χ3v) is 3.09. The van der Waals surface area contributed by atoms with Crippen molar-refractivity contribution in [3.05, 3.63) is 58.6 Å². The Labute approximate surface area is 113 Å². The minimum absolute atomic E-state index is 0.683. The van der Waals surface area contributed by atoms with Gasteiger partial charge in [0.25, 0.3) is 0 Å². The summed E-state index contributed by atoms with van der Waals surface area (Å²) in [6, 6.07) is 14.1. The van der Waals surface area contributed by atoms with E-state index in [0.29, 0.717) is 10.7 Å². The van der Waals surface area contributed by atoms with Gasteiger partial charge < -0.3 is 10.6 Å². The van der Waals surface area contributed by atoms with E-state index in [9.17, 15) is 0 Å². The molecule has 0 atom stereocenters. The summed E-state index contributed by atoms with van der Waals surface area (Å²) in [5.41, 5.74) is 10.1. The first kappa shape index (κ1) is 12.8. The van der Waals surface area contributed by atoms with Crippen molar-refractivity contribution >= 4 is 23.0 Å². The number of benzene rings is 2. The zero-order chi connectivity index (χ0) is 13.1. The minimum atomic E-state index is 0.683. The molecule has 2 aromatic carbocycles. The highest BCUT2D eigenvalue weighted by molar-refractivity contribution is 6.30. The Kier molecular flexibility index (Phi) is 3.78. The number of aryl methyl sites for hydroxylation is 1. The molecule has 2 nitrogen and oxygen atoms in total. The van der Waals surface area contributed by atoms with Crippen LogP contribution in [0.25, 0.3) is 0 Å². The fraction of sp³-hybridized carbons (Fsp3) is 0.200. The zero-order valence-electron chi connectivity index (χ0n) is 10.7. The number of halogens is 1. The SMILES string of the molecule is Cc1ccc(N(C)Cc2cc(N)cc(Cl)c2)cc1. The summed E-state index contributed by atoms with van der Waals surface area (Å²) in [5, 5.41) is 0.683. The molecule has 2 aromatic rings. The zero-order valence-corrected chi connectivity index (χ0v) is 11.4. The summed E-state index contributed by atoms with van der Waals surface area (Å²) in [7, 11) is 2.06. The molecule has 0 aliphatic carbocycles. The molecule has 18 heavy (non-hydrogen) atoms. The molecule has 2 N–H and O–H groups in total. The first-order valence-corrected chi connectivity index (χ1v) is 6.25. The van der Waals surface area contributed by atoms with Crippen LogP contribution < -0.4 is 10.6 Å². The van der Waals surface area contributed by atoms with Crippen molar-refractivity contribution < 1.29 is 0 Å². The van der Waals surface area contributed by atoms with Gasteiger partial charge in [0.05, 0.1) is 0 Å². The van der Waals surface area contributed by atoms with Crippen LogP contribution in [0.5, 0.6) is 0 Å². The Morgan fingerprint density at radius 1 is 1.11 bits per heavy atom. The molecule has 0 radical (unpaired) electrons. The Hall–Kier alpha value is -1.67. The maximum Gasteiger partial charge on any atom is 0.0429 e.